The lowest BCUT2D eigenvalue weighted by Crippen LogP contribution is -2.12. The van der Waals surface area contributed by atoms with Crippen molar-refractivity contribution in [1.29, 1.82) is 0 Å². The molecule has 0 spiro atoms. The highest BCUT2D eigenvalue weighted by molar-refractivity contribution is 9.15. The average Bonchev–Trinajstić information content (AvgIpc) is 2.07. The summed E-state index contributed by atoms with van der Waals surface area (Å²) in [6.07, 6.45) is 1.94. The third kappa shape index (κ3) is 1.25. The van der Waals surface area contributed by atoms with Crippen LogP contribution >= 0.6 is 27.5 Å². The number of rotatable bonds is 0. The van der Waals surface area contributed by atoms with E-state index >= 15 is 0 Å². The Morgan fingerprint density at radius 1 is 1.42 bits per heavy atom. The molecule has 1 heterocycles. The highest BCUT2D eigenvalue weighted by atomic mass is 79.9. The second-order valence-corrected chi connectivity index (χ2v) is 3.90. The molecule has 1 nitrogen and oxygen atoms in total. The molecule has 2 rings (SSSR count). The smallest absolute Gasteiger partial charge is 0.0462 e. The van der Waals surface area contributed by atoms with Gasteiger partial charge < -0.3 is 5.32 Å². The largest absolute Gasteiger partial charge is 0.386 e. The van der Waals surface area contributed by atoms with E-state index in [0.29, 0.717) is 0 Å². The molecule has 1 N–H and O–H groups in total. The number of benzene rings is 1. The van der Waals surface area contributed by atoms with Crippen molar-refractivity contribution in [2.45, 2.75) is 6.54 Å². The average molecular weight is 245 g/mol. The van der Waals surface area contributed by atoms with Gasteiger partial charge >= 0.3 is 0 Å². The highest BCUT2D eigenvalue weighted by Gasteiger charge is 2.11. The van der Waals surface area contributed by atoms with E-state index in [4.69, 9.17) is 11.6 Å². The second kappa shape index (κ2) is 3.11. The molecule has 0 amide bonds. The Morgan fingerprint density at radius 2 is 2.25 bits per heavy atom. The van der Waals surface area contributed by atoms with E-state index < -0.39 is 0 Å². The first kappa shape index (κ1) is 8.14. The number of halogens is 2. The summed E-state index contributed by atoms with van der Waals surface area (Å²) >= 11 is 9.48. The lowest BCUT2D eigenvalue weighted by atomic mass is 10.1. The molecule has 1 aromatic carbocycles. The Kier molecular flexibility index (Phi) is 2.11. The van der Waals surface area contributed by atoms with Gasteiger partial charge in [-0.1, -0.05) is 23.7 Å². The molecule has 0 fully saturated rings. The number of hydrogen-bond donors (Lipinski definition) is 1. The van der Waals surface area contributed by atoms with E-state index in [0.717, 1.165) is 21.6 Å². The summed E-state index contributed by atoms with van der Waals surface area (Å²) in [6, 6.07) is 5.93. The van der Waals surface area contributed by atoms with Gasteiger partial charge in [-0.3, -0.25) is 0 Å². The number of hydrogen-bond acceptors (Lipinski definition) is 1. The normalized spacial score (nSPS) is 14.7. The SMILES string of the molecule is Clc1cccc2c1CNC=C2Br. The summed E-state index contributed by atoms with van der Waals surface area (Å²) in [7, 11) is 0. The fourth-order valence-electron chi connectivity index (χ4n) is 1.28. The van der Waals surface area contributed by atoms with Crippen molar-refractivity contribution in [2.75, 3.05) is 0 Å². The molecule has 0 radical (unpaired) electrons. The van der Waals surface area contributed by atoms with E-state index in [9.17, 15) is 0 Å². The third-order valence-corrected chi connectivity index (χ3v) is 2.89. The molecule has 0 saturated heterocycles. The van der Waals surface area contributed by atoms with Crippen molar-refractivity contribution in [2.24, 2.45) is 0 Å². The summed E-state index contributed by atoms with van der Waals surface area (Å²) in [4.78, 5) is 0. The molecule has 0 unspecified atom stereocenters. The molecule has 12 heavy (non-hydrogen) atoms. The van der Waals surface area contributed by atoms with Crippen LogP contribution in [0.3, 0.4) is 0 Å². The molecule has 0 bridgehead atoms. The van der Waals surface area contributed by atoms with Crippen molar-refractivity contribution >= 4 is 32.0 Å². The van der Waals surface area contributed by atoms with Gasteiger partial charge in [0.1, 0.15) is 0 Å². The Hall–Kier alpha value is -0.470. The summed E-state index contributed by atoms with van der Waals surface area (Å²) in [5, 5.41) is 3.96. The maximum Gasteiger partial charge on any atom is 0.0462 e. The summed E-state index contributed by atoms with van der Waals surface area (Å²) < 4.78 is 1.06. The molecule has 0 atom stereocenters. The molecule has 1 aliphatic rings. The molecule has 0 aliphatic carbocycles. The van der Waals surface area contributed by atoms with Crippen LogP contribution in [0.25, 0.3) is 4.48 Å². The maximum atomic E-state index is 6.02. The first-order chi connectivity index (χ1) is 5.79. The summed E-state index contributed by atoms with van der Waals surface area (Å²) in [5.41, 5.74) is 2.34. The Balaban J connectivity index is 2.62. The highest BCUT2D eigenvalue weighted by Crippen LogP contribution is 2.31. The monoisotopic (exact) mass is 243 g/mol. The molecule has 1 aromatic rings. The minimum absolute atomic E-state index is 0.810. The van der Waals surface area contributed by atoms with Crippen molar-refractivity contribution in [3.63, 3.8) is 0 Å². The van der Waals surface area contributed by atoms with Gasteiger partial charge in [0.05, 0.1) is 0 Å². The van der Waals surface area contributed by atoms with Crippen molar-refractivity contribution in [3.05, 3.63) is 40.5 Å². The Bertz CT molecular complexity index is 346. The fourth-order valence-corrected chi connectivity index (χ4v) is 2.06. The molecule has 0 aromatic heterocycles. The number of fused-ring (bicyclic) bond motifs is 1. The van der Waals surface area contributed by atoms with Gasteiger partial charge in [0.25, 0.3) is 0 Å². The Morgan fingerprint density at radius 3 is 3.00 bits per heavy atom. The lowest BCUT2D eigenvalue weighted by molar-refractivity contribution is 0.858. The van der Waals surface area contributed by atoms with E-state index in [1.807, 2.05) is 18.3 Å². The van der Waals surface area contributed by atoms with Crippen molar-refractivity contribution in [3.8, 4) is 0 Å². The minimum atomic E-state index is 0.810. The van der Waals surface area contributed by atoms with Crippen LogP contribution in [0.1, 0.15) is 11.1 Å². The topological polar surface area (TPSA) is 12.0 Å². The van der Waals surface area contributed by atoms with E-state index in [1.54, 1.807) is 0 Å². The first-order valence-corrected chi connectivity index (χ1v) is 4.83. The molecule has 3 heteroatoms. The second-order valence-electron chi connectivity index (χ2n) is 2.64. The van der Waals surface area contributed by atoms with E-state index in [2.05, 4.69) is 27.3 Å². The summed E-state index contributed by atoms with van der Waals surface area (Å²) in [6.45, 7) is 0.810. The molecular formula is C9H7BrClN. The predicted molar refractivity (Wildman–Crippen MR) is 55.2 cm³/mol. The van der Waals surface area contributed by atoms with Gasteiger partial charge in [-0.25, -0.2) is 0 Å². The number of nitrogens with one attached hydrogen (secondary N) is 1. The molecular weight excluding hydrogens is 237 g/mol. The van der Waals surface area contributed by atoms with Gasteiger partial charge in [-0.2, -0.15) is 0 Å². The van der Waals surface area contributed by atoms with Gasteiger partial charge in [0.15, 0.2) is 0 Å². The predicted octanol–water partition coefficient (Wildman–Crippen LogP) is 3.14. The summed E-state index contributed by atoms with van der Waals surface area (Å²) in [5.74, 6) is 0. The molecule has 1 aliphatic heterocycles. The zero-order valence-electron chi connectivity index (χ0n) is 6.27. The van der Waals surface area contributed by atoms with Crippen LogP contribution in [-0.4, -0.2) is 0 Å². The lowest BCUT2D eigenvalue weighted by Gasteiger charge is -2.16. The van der Waals surface area contributed by atoms with Crippen LogP contribution in [0, 0.1) is 0 Å². The van der Waals surface area contributed by atoms with Crippen LogP contribution in [0.5, 0.6) is 0 Å². The quantitative estimate of drug-likeness (QED) is 0.739. The van der Waals surface area contributed by atoms with E-state index in [-0.39, 0.29) is 0 Å². The molecule has 0 saturated carbocycles. The van der Waals surface area contributed by atoms with Crippen molar-refractivity contribution in [1.82, 2.24) is 5.32 Å². The van der Waals surface area contributed by atoms with Gasteiger partial charge in [0.2, 0.25) is 0 Å². The van der Waals surface area contributed by atoms with Gasteiger partial charge in [-0.05, 0) is 33.1 Å². The van der Waals surface area contributed by atoms with Crippen molar-refractivity contribution < 1.29 is 0 Å². The molecule has 62 valence electrons. The standard InChI is InChI=1S/C9H7BrClN/c10-8-5-12-4-7-6(8)2-1-3-9(7)11/h1-3,5,12H,4H2. The van der Waals surface area contributed by atoms with E-state index in [1.165, 1.54) is 5.56 Å². The van der Waals surface area contributed by atoms with Crippen LogP contribution in [0.2, 0.25) is 5.02 Å². The van der Waals surface area contributed by atoms with Crippen LogP contribution in [0.15, 0.2) is 24.4 Å². The van der Waals surface area contributed by atoms with Crippen LogP contribution in [-0.2, 0) is 6.54 Å². The van der Waals surface area contributed by atoms with Gasteiger partial charge in [0, 0.05) is 22.2 Å². The first-order valence-electron chi connectivity index (χ1n) is 3.66. The maximum absolute atomic E-state index is 6.02. The fraction of sp³-hybridized carbons (Fsp3) is 0.111. The third-order valence-electron chi connectivity index (χ3n) is 1.88. The van der Waals surface area contributed by atoms with Gasteiger partial charge in [-0.15, -0.1) is 0 Å². The van der Waals surface area contributed by atoms with Crippen LogP contribution in [0.4, 0.5) is 0 Å². The minimum Gasteiger partial charge on any atom is -0.386 e. The van der Waals surface area contributed by atoms with Crippen LogP contribution < -0.4 is 5.32 Å². The zero-order valence-corrected chi connectivity index (χ0v) is 8.61. The zero-order chi connectivity index (χ0) is 8.55. The Labute approximate surface area is 84.6 Å².